The Bertz CT molecular complexity index is 594. The van der Waals surface area contributed by atoms with Crippen molar-refractivity contribution in [3.8, 4) is 0 Å². The molecule has 0 bridgehead atoms. The maximum atomic E-state index is 12.2. The van der Waals surface area contributed by atoms with Crippen LogP contribution in [0.15, 0.2) is 30.3 Å². The monoisotopic (exact) mass is 387 g/mol. The minimum absolute atomic E-state index is 0.119. The van der Waals surface area contributed by atoms with Crippen molar-refractivity contribution < 1.29 is 14.6 Å². The van der Waals surface area contributed by atoms with Crippen LogP contribution in [0.4, 0.5) is 0 Å². The maximum absolute atomic E-state index is 12.2. The van der Waals surface area contributed by atoms with Gasteiger partial charge in [0, 0.05) is 5.92 Å². The van der Waals surface area contributed by atoms with Crippen molar-refractivity contribution in [2.45, 2.75) is 83.5 Å². The van der Waals surface area contributed by atoms with Gasteiger partial charge >= 0.3 is 0 Å². The fourth-order valence-electron chi connectivity index (χ4n) is 4.79. The molecule has 4 nitrogen and oxygen atoms in total. The van der Waals surface area contributed by atoms with Crippen molar-refractivity contribution in [2.75, 3.05) is 6.61 Å². The number of carbonyl (C=O) groups excluding carboxylic acids is 1. The normalized spacial score (nSPS) is 27.2. The molecule has 0 spiro atoms. The van der Waals surface area contributed by atoms with Gasteiger partial charge in [-0.05, 0) is 44.1 Å². The molecular formula is C24H37NO3. The maximum Gasteiger partial charge on any atom is 0.225 e. The molecule has 2 aliphatic carbocycles. The van der Waals surface area contributed by atoms with E-state index in [1.807, 2.05) is 30.3 Å². The van der Waals surface area contributed by atoms with Crippen molar-refractivity contribution in [1.82, 2.24) is 5.32 Å². The molecule has 28 heavy (non-hydrogen) atoms. The Kier molecular flexibility index (Phi) is 7.53. The molecule has 3 fully saturated rings. The Hall–Kier alpha value is -1.39. The minimum Gasteiger partial charge on any atom is -0.373 e. The summed E-state index contributed by atoms with van der Waals surface area (Å²) in [7, 11) is 0. The van der Waals surface area contributed by atoms with E-state index in [0.717, 1.165) is 12.2 Å². The van der Waals surface area contributed by atoms with Gasteiger partial charge in [-0.25, -0.2) is 0 Å². The number of hydrogen-bond acceptors (Lipinski definition) is 3. The van der Waals surface area contributed by atoms with Gasteiger partial charge in [0.1, 0.15) is 5.72 Å². The number of fused-ring (bicyclic) bond motifs is 1. The second kappa shape index (κ2) is 9.89. The first-order valence-electron chi connectivity index (χ1n) is 11.1. The number of amides is 1. The summed E-state index contributed by atoms with van der Waals surface area (Å²) in [6.07, 6.45) is 12.4. The molecule has 1 heterocycles. The summed E-state index contributed by atoms with van der Waals surface area (Å²) in [6.45, 7) is 3.87. The Morgan fingerprint density at radius 2 is 1.68 bits per heavy atom. The zero-order chi connectivity index (χ0) is 20.0. The van der Waals surface area contributed by atoms with Crippen LogP contribution in [0, 0.1) is 17.8 Å². The number of benzene rings is 1. The Balaban J connectivity index is 0.000000206. The van der Waals surface area contributed by atoms with Gasteiger partial charge in [0.05, 0.1) is 12.7 Å². The molecule has 1 aromatic rings. The van der Waals surface area contributed by atoms with Crippen LogP contribution in [0.2, 0.25) is 0 Å². The van der Waals surface area contributed by atoms with E-state index in [0.29, 0.717) is 12.8 Å². The number of epoxide rings is 1. The first kappa shape index (κ1) is 21.3. The van der Waals surface area contributed by atoms with E-state index >= 15 is 0 Å². The fourth-order valence-corrected chi connectivity index (χ4v) is 4.79. The smallest absolute Gasteiger partial charge is 0.225 e. The van der Waals surface area contributed by atoms with Crippen LogP contribution < -0.4 is 5.32 Å². The lowest BCUT2D eigenvalue weighted by molar-refractivity contribution is -0.131. The fraction of sp³-hybridized carbons (Fsp3) is 0.708. The third-order valence-electron chi connectivity index (χ3n) is 6.29. The average Bonchev–Trinajstić information content (AvgIpc) is 3.34. The van der Waals surface area contributed by atoms with Gasteiger partial charge in [0.25, 0.3) is 0 Å². The lowest BCUT2D eigenvalue weighted by Crippen LogP contribution is -2.46. The lowest BCUT2D eigenvalue weighted by atomic mass is 9.82. The number of ether oxygens (including phenoxy) is 1. The summed E-state index contributed by atoms with van der Waals surface area (Å²) in [5.74, 6) is 2.05. The summed E-state index contributed by atoms with van der Waals surface area (Å²) in [5.41, 5.74) is -0.0600. The highest BCUT2D eigenvalue weighted by Gasteiger charge is 2.32. The molecule has 2 N–H and O–H groups in total. The number of rotatable bonds is 6. The topological polar surface area (TPSA) is 61.9 Å². The van der Waals surface area contributed by atoms with Gasteiger partial charge in [-0.1, -0.05) is 75.3 Å². The van der Waals surface area contributed by atoms with Crippen LogP contribution in [-0.2, 0) is 16.0 Å². The van der Waals surface area contributed by atoms with E-state index in [4.69, 9.17) is 4.74 Å². The summed E-state index contributed by atoms with van der Waals surface area (Å²) in [6, 6.07) is 9.91. The van der Waals surface area contributed by atoms with E-state index < -0.39 is 5.72 Å². The third kappa shape index (κ3) is 7.21. The Labute approximate surface area is 170 Å². The third-order valence-corrected chi connectivity index (χ3v) is 6.29. The molecule has 2 saturated carbocycles. The molecule has 1 saturated heterocycles. The average molecular weight is 388 g/mol. The molecular weight excluding hydrogens is 350 g/mol. The molecule has 0 aromatic heterocycles. The molecule has 1 amide bonds. The summed E-state index contributed by atoms with van der Waals surface area (Å²) >= 11 is 0. The number of nitrogens with one attached hydrogen (secondary N) is 1. The second-order valence-electron chi connectivity index (χ2n) is 9.36. The second-order valence-corrected chi connectivity index (χ2v) is 9.36. The Morgan fingerprint density at radius 3 is 2.21 bits per heavy atom. The largest absolute Gasteiger partial charge is 0.373 e. The first-order valence-corrected chi connectivity index (χ1v) is 11.1. The summed E-state index contributed by atoms with van der Waals surface area (Å²) in [5, 5.41) is 12.3. The van der Waals surface area contributed by atoms with Gasteiger partial charge in [-0.3, -0.25) is 4.79 Å². The summed E-state index contributed by atoms with van der Waals surface area (Å²) in [4.78, 5) is 12.2. The standard InChI is InChI=1S/C15H21NO3.C9H16/c1-15(2,18)16-14(17)12(9-13-10-19-13)8-11-6-4-3-5-7-11;1-2-5-9-7-3-6-8(9)4-1/h3-7,12-13,18H,8-10H2,1-2H3,(H,16,17);8-9H,1-7H2/t12-,13+;/m1./s1. The van der Waals surface area contributed by atoms with E-state index in [9.17, 15) is 9.90 Å². The predicted octanol–water partition coefficient (Wildman–Crippen LogP) is 4.46. The van der Waals surface area contributed by atoms with Crippen molar-refractivity contribution in [3.05, 3.63) is 35.9 Å². The molecule has 1 aliphatic heterocycles. The summed E-state index contributed by atoms with van der Waals surface area (Å²) < 4.78 is 5.21. The molecule has 3 aliphatic rings. The highest BCUT2D eigenvalue weighted by Crippen LogP contribution is 2.41. The SMILES string of the molecule is C1CCC2CCCC2C1.CC(C)(O)NC(=O)[C@H](Cc1ccccc1)C[C@H]1CO1. The van der Waals surface area contributed by atoms with E-state index in [2.05, 4.69) is 5.32 Å². The Morgan fingerprint density at radius 1 is 1.11 bits per heavy atom. The number of aliphatic hydroxyl groups is 1. The van der Waals surface area contributed by atoms with Crippen molar-refractivity contribution >= 4 is 5.91 Å². The quantitative estimate of drug-likeness (QED) is 0.560. The van der Waals surface area contributed by atoms with Gasteiger partial charge in [0.2, 0.25) is 5.91 Å². The van der Waals surface area contributed by atoms with Crippen LogP contribution in [0.5, 0.6) is 0 Å². The predicted molar refractivity (Wildman–Crippen MR) is 112 cm³/mol. The van der Waals surface area contributed by atoms with E-state index in [1.165, 1.54) is 31.1 Å². The van der Waals surface area contributed by atoms with E-state index in [-0.39, 0.29) is 17.9 Å². The molecule has 0 radical (unpaired) electrons. The lowest BCUT2D eigenvalue weighted by Gasteiger charge is -2.24. The minimum atomic E-state index is -1.18. The van der Waals surface area contributed by atoms with Crippen LogP contribution >= 0.6 is 0 Å². The zero-order valence-corrected chi connectivity index (χ0v) is 17.5. The van der Waals surface area contributed by atoms with Gasteiger partial charge in [-0.2, -0.15) is 0 Å². The van der Waals surface area contributed by atoms with Crippen LogP contribution in [0.25, 0.3) is 0 Å². The highest BCUT2D eigenvalue weighted by atomic mass is 16.6. The van der Waals surface area contributed by atoms with Crippen LogP contribution in [0.3, 0.4) is 0 Å². The van der Waals surface area contributed by atoms with Gasteiger partial charge in [-0.15, -0.1) is 0 Å². The van der Waals surface area contributed by atoms with Gasteiger partial charge in [0.15, 0.2) is 0 Å². The number of carbonyl (C=O) groups is 1. The molecule has 4 heteroatoms. The zero-order valence-electron chi connectivity index (χ0n) is 17.5. The molecule has 156 valence electrons. The molecule has 2 unspecified atom stereocenters. The number of hydrogen-bond donors (Lipinski definition) is 2. The van der Waals surface area contributed by atoms with Crippen molar-refractivity contribution in [1.29, 1.82) is 0 Å². The van der Waals surface area contributed by atoms with Crippen molar-refractivity contribution in [2.24, 2.45) is 17.8 Å². The van der Waals surface area contributed by atoms with Crippen molar-refractivity contribution in [3.63, 3.8) is 0 Å². The molecule has 1 aromatic carbocycles. The molecule has 4 rings (SSSR count). The molecule has 4 atom stereocenters. The first-order chi connectivity index (χ1) is 13.4. The van der Waals surface area contributed by atoms with Gasteiger partial charge < -0.3 is 15.2 Å². The highest BCUT2D eigenvalue weighted by molar-refractivity contribution is 5.79. The van der Waals surface area contributed by atoms with Crippen LogP contribution in [0.1, 0.15) is 70.8 Å². The van der Waals surface area contributed by atoms with Crippen LogP contribution in [-0.4, -0.2) is 29.4 Å². The van der Waals surface area contributed by atoms with E-state index in [1.54, 1.807) is 39.5 Å².